The van der Waals surface area contributed by atoms with Gasteiger partial charge in [0.15, 0.2) is 0 Å². The Morgan fingerprint density at radius 2 is 1.04 bits per heavy atom. The van der Waals surface area contributed by atoms with Crippen molar-refractivity contribution in [1.82, 2.24) is 4.90 Å². The Morgan fingerprint density at radius 1 is 0.536 bits per heavy atom. The molecule has 0 saturated heterocycles. The summed E-state index contributed by atoms with van der Waals surface area (Å²) in [6, 6.07) is 0. The first-order valence-electron chi connectivity index (χ1n) is 13.4. The van der Waals surface area contributed by atoms with Crippen molar-refractivity contribution < 1.29 is 0 Å². The fraction of sp³-hybridized carbons (Fsp3) is 1.00. The summed E-state index contributed by atoms with van der Waals surface area (Å²) in [5.41, 5.74) is 0. The van der Waals surface area contributed by atoms with Gasteiger partial charge in [0, 0.05) is 6.54 Å². The molecular formula is C27H57N. The van der Waals surface area contributed by atoms with Crippen LogP contribution < -0.4 is 0 Å². The average molecular weight is 396 g/mol. The third-order valence-corrected chi connectivity index (χ3v) is 6.39. The lowest BCUT2D eigenvalue weighted by Crippen LogP contribution is -2.31. The lowest BCUT2D eigenvalue weighted by molar-refractivity contribution is 0.210. The van der Waals surface area contributed by atoms with E-state index in [-0.39, 0.29) is 0 Å². The van der Waals surface area contributed by atoms with Gasteiger partial charge in [-0.2, -0.15) is 0 Å². The monoisotopic (exact) mass is 395 g/mol. The zero-order valence-corrected chi connectivity index (χ0v) is 20.7. The zero-order valence-electron chi connectivity index (χ0n) is 20.7. The standard InChI is InChI=1S/C27H57N/c1-6-9-11-12-13-14-16-19-23-28(25-27(8-3)22-10-7-2)24-20-17-15-18-21-26(4)5/h26-27H,6-25H2,1-5H3. The van der Waals surface area contributed by atoms with Crippen molar-refractivity contribution in [2.24, 2.45) is 11.8 Å². The minimum Gasteiger partial charge on any atom is -0.303 e. The summed E-state index contributed by atoms with van der Waals surface area (Å²) in [6.45, 7) is 15.8. The van der Waals surface area contributed by atoms with E-state index in [4.69, 9.17) is 0 Å². The molecule has 28 heavy (non-hydrogen) atoms. The molecule has 0 aromatic heterocycles. The van der Waals surface area contributed by atoms with Gasteiger partial charge in [-0.15, -0.1) is 0 Å². The van der Waals surface area contributed by atoms with Gasteiger partial charge in [-0.1, -0.05) is 125 Å². The van der Waals surface area contributed by atoms with E-state index in [0.717, 1.165) is 11.8 Å². The third-order valence-electron chi connectivity index (χ3n) is 6.39. The zero-order chi connectivity index (χ0) is 20.9. The van der Waals surface area contributed by atoms with Crippen LogP contribution in [0.4, 0.5) is 0 Å². The van der Waals surface area contributed by atoms with Crippen molar-refractivity contribution in [3.05, 3.63) is 0 Å². The van der Waals surface area contributed by atoms with Gasteiger partial charge in [0.1, 0.15) is 0 Å². The van der Waals surface area contributed by atoms with Crippen LogP contribution in [0.5, 0.6) is 0 Å². The molecule has 0 spiro atoms. The minimum atomic E-state index is 0.877. The van der Waals surface area contributed by atoms with Gasteiger partial charge >= 0.3 is 0 Å². The van der Waals surface area contributed by atoms with E-state index in [1.54, 1.807) is 0 Å². The van der Waals surface area contributed by atoms with Gasteiger partial charge < -0.3 is 4.90 Å². The molecule has 0 rings (SSSR count). The summed E-state index contributed by atoms with van der Waals surface area (Å²) in [6.07, 6.45) is 24.2. The molecule has 0 aromatic rings. The number of nitrogens with zero attached hydrogens (tertiary/aromatic N) is 1. The first-order chi connectivity index (χ1) is 13.6. The minimum absolute atomic E-state index is 0.877. The molecule has 170 valence electrons. The molecule has 0 aliphatic heterocycles. The summed E-state index contributed by atoms with van der Waals surface area (Å²) in [4.78, 5) is 2.84. The van der Waals surface area contributed by atoms with E-state index in [1.165, 1.54) is 129 Å². The van der Waals surface area contributed by atoms with E-state index in [0.29, 0.717) is 0 Å². The molecule has 0 heterocycles. The predicted molar refractivity (Wildman–Crippen MR) is 130 cm³/mol. The highest BCUT2D eigenvalue weighted by Crippen LogP contribution is 2.17. The lowest BCUT2D eigenvalue weighted by Gasteiger charge is -2.27. The van der Waals surface area contributed by atoms with Gasteiger partial charge in [-0.05, 0) is 44.2 Å². The van der Waals surface area contributed by atoms with Crippen LogP contribution in [0.3, 0.4) is 0 Å². The topological polar surface area (TPSA) is 3.24 Å². The van der Waals surface area contributed by atoms with Crippen LogP contribution in [0.2, 0.25) is 0 Å². The summed E-state index contributed by atoms with van der Waals surface area (Å²) < 4.78 is 0. The third kappa shape index (κ3) is 19.3. The molecule has 0 bridgehead atoms. The molecule has 1 unspecified atom stereocenters. The quantitative estimate of drug-likeness (QED) is 0.165. The summed E-state index contributed by atoms with van der Waals surface area (Å²) >= 11 is 0. The van der Waals surface area contributed by atoms with Gasteiger partial charge in [-0.25, -0.2) is 0 Å². The molecule has 1 nitrogen and oxygen atoms in total. The lowest BCUT2D eigenvalue weighted by atomic mass is 9.98. The molecule has 0 saturated carbocycles. The Labute approximate surface area is 180 Å². The molecule has 0 N–H and O–H groups in total. The van der Waals surface area contributed by atoms with Gasteiger partial charge in [-0.3, -0.25) is 0 Å². The number of hydrogen-bond donors (Lipinski definition) is 0. The Morgan fingerprint density at radius 3 is 1.54 bits per heavy atom. The van der Waals surface area contributed by atoms with Gasteiger partial charge in [0.2, 0.25) is 0 Å². The highest BCUT2D eigenvalue weighted by atomic mass is 15.1. The number of rotatable bonds is 22. The largest absolute Gasteiger partial charge is 0.303 e. The van der Waals surface area contributed by atoms with E-state index in [1.807, 2.05) is 0 Å². The van der Waals surface area contributed by atoms with Crippen molar-refractivity contribution in [2.45, 2.75) is 144 Å². The second-order valence-corrected chi connectivity index (χ2v) is 9.79. The molecular weight excluding hydrogens is 338 g/mol. The Hall–Kier alpha value is -0.0400. The molecule has 0 aliphatic rings. The maximum absolute atomic E-state index is 2.84. The van der Waals surface area contributed by atoms with Crippen molar-refractivity contribution >= 4 is 0 Å². The average Bonchev–Trinajstić information content (AvgIpc) is 2.68. The second-order valence-electron chi connectivity index (χ2n) is 9.79. The van der Waals surface area contributed by atoms with Crippen LogP contribution in [-0.4, -0.2) is 24.5 Å². The Balaban J connectivity index is 4.06. The summed E-state index contributed by atoms with van der Waals surface area (Å²) in [7, 11) is 0. The Kier molecular flexibility index (Phi) is 21.6. The van der Waals surface area contributed by atoms with Crippen LogP contribution >= 0.6 is 0 Å². The van der Waals surface area contributed by atoms with Gasteiger partial charge in [0.05, 0.1) is 0 Å². The maximum Gasteiger partial charge on any atom is 0.000955 e. The fourth-order valence-corrected chi connectivity index (χ4v) is 4.29. The van der Waals surface area contributed by atoms with Gasteiger partial charge in [0.25, 0.3) is 0 Å². The normalized spacial score (nSPS) is 13.0. The summed E-state index contributed by atoms with van der Waals surface area (Å²) in [5.74, 6) is 1.80. The first-order valence-corrected chi connectivity index (χ1v) is 13.4. The molecule has 0 aromatic carbocycles. The Bertz CT molecular complexity index is 286. The molecule has 0 radical (unpaired) electrons. The van der Waals surface area contributed by atoms with Crippen molar-refractivity contribution in [1.29, 1.82) is 0 Å². The number of unbranched alkanes of at least 4 members (excludes halogenated alkanes) is 11. The second kappa shape index (κ2) is 21.7. The summed E-state index contributed by atoms with van der Waals surface area (Å²) in [5, 5.41) is 0. The first kappa shape index (κ1) is 28.0. The van der Waals surface area contributed by atoms with Crippen LogP contribution in [0.25, 0.3) is 0 Å². The SMILES string of the molecule is CCCCCCCCCCN(CCCCCCC(C)C)CC(CC)CCCC. The predicted octanol–water partition coefficient (Wildman–Crippen LogP) is 9.25. The molecule has 0 aliphatic carbocycles. The van der Waals surface area contributed by atoms with E-state index >= 15 is 0 Å². The van der Waals surface area contributed by atoms with E-state index in [2.05, 4.69) is 39.5 Å². The van der Waals surface area contributed by atoms with Crippen LogP contribution in [0.15, 0.2) is 0 Å². The molecule has 1 atom stereocenters. The molecule has 0 fully saturated rings. The smallest absolute Gasteiger partial charge is 0.000955 e. The van der Waals surface area contributed by atoms with Crippen molar-refractivity contribution in [2.75, 3.05) is 19.6 Å². The number of hydrogen-bond acceptors (Lipinski definition) is 1. The van der Waals surface area contributed by atoms with Crippen LogP contribution in [0, 0.1) is 11.8 Å². The van der Waals surface area contributed by atoms with Crippen molar-refractivity contribution in [3.63, 3.8) is 0 Å². The van der Waals surface area contributed by atoms with E-state index < -0.39 is 0 Å². The highest BCUT2D eigenvalue weighted by molar-refractivity contribution is 4.66. The molecule has 1 heteroatoms. The van der Waals surface area contributed by atoms with Crippen LogP contribution in [0.1, 0.15) is 144 Å². The molecule has 0 amide bonds. The fourth-order valence-electron chi connectivity index (χ4n) is 4.29. The maximum atomic E-state index is 2.84. The highest BCUT2D eigenvalue weighted by Gasteiger charge is 2.12. The van der Waals surface area contributed by atoms with Crippen LogP contribution in [-0.2, 0) is 0 Å². The van der Waals surface area contributed by atoms with Crippen molar-refractivity contribution in [3.8, 4) is 0 Å². The van der Waals surface area contributed by atoms with E-state index in [9.17, 15) is 0 Å².